The number of nitro groups is 1. The van der Waals surface area contributed by atoms with Gasteiger partial charge in [-0.05, 0) is 48.7 Å². The molecule has 2 aromatic carbocycles. The van der Waals surface area contributed by atoms with E-state index in [1.54, 1.807) is 37.3 Å². The Kier molecular flexibility index (Phi) is 5.89. The van der Waals surface area contributed by atoms with E-state index in [1.165, 1.54) is 18.2 Å². The fourth-order valence-electron chi connectivity index (χ4n) is 2.43. The Morgan fingerprint density at radius 1 is 1.28 bits per heavy atom. The topological polar surface area (TPSA) is 89.7 Å². The van der Waals surface area contributed by atoms with Gasteiger partial charge in [0.25, 0.3) is 5.69 Å². The van der Waals surface area contributed by atoms with Crippen LogP contribution in [0, 0.1) is 17.0 Å². The van der Waals surface area contributed by atoms with E-state index in [4.69, 9.17) is 4.74 Å². The van der Waals surface area contributed by atoms with Crippen molar-refractivity contribution in [2.24, 2.45) is 0 Å². The lowest BCUT2D eigenvalue weighted by atomic mass is 9.97. The van der Waals surface area contributed by atoms with Crippen molar-refractivity contribution >= 4 is 23.3 Å². The molecule has 6 heteroatoms. The summed E-state index contributed by atoms with van der Waals surface area (Å²) in [5.41, 5.74) is 1.32. The van der Waals surface area contributed by atoms with Crippen LogP contribution in [0.2, 0.25) is 0 Å². The molecule has 25 heavy (non-hydrogen) atoms. The van der Waals surface area contributed by atoms with Crippen molar-refractivity contribution in [3.05, 3.63) is 69.3 Å². The summed E-state index contributed by atoms with van der Waals surface area (Å²) in [5, 5.41) is 20.7. The van der Waals surface area contributed by atoms with Crippen molar-refractivity contribution in [1.29, 1.82) is 0 Å². The molecule has 1 N–H and O–H groups in total. The third kappa shape index (κ3) is 4.44. The molecule has 0 saturated carbocycles. The number of aryl methyl sites for hydroxylation is 1. The number of benzene rings is 2. The summed E-state index contributed by atoms with van der Waals surface area (Å²) in [6.07, 6.45) is 2.20. The molecule has 2 aromatic rings. The van der Waals surface area contributed by atoms with E-state index in [2.05, 4.69) is 0 Å². The highest BCUT2D eigenvalue weighted by Gasteiger charge is 2.17. The maximum absolute atomic E-state index is 11.7. The van der Waals surface area contributed by atoms with Crippen LogP contribution >= 0.6 is 0 Å². The van der Waals surface area contributed by atoms with Gasteiger partial charge in [0.15, 0.2) is 0 Å². The average Bonchev–Trinajstić information content (AvgIpc) is 2.58. The zero-order valence-electron chi connectivity index (χ0n) is 14.1. The molecule has 0 spiro atoms. The van der Waals surface area contributed by atoms with E-state index in [9.17, 15) is 20.0 Å². The fourth-order valence-corrected chi connectivity index (χ4v) is 2.43. The molecule has 0 radical (unpaired) electrons. The molecular weight excluding hydrogens is 322 g/mol. The first-order valence-electron chi connectivity index (χ1n) is 7.86. The summed E-state index contributed by atoms with van der Waals surface area (Å²) in [4.78, 5) is 22.3. The van der Waals surface area contributed by atoms with E-state index in [0.717, 1.165) is 12.0 Å². The Labute approximate surface area is 145 Å². The molecule has 0 atom stereocenters. The van der Waals surface area contributed by atoms with Gasteiger partial charge in [-0.3, -0.25) is 10.1 Å². The Hall–Kier alpha value is -3.15. The van der Waals surface area contributed by atoms with Crippen molar-refractivity contribution in [1.82, 2.24) is 0 Å². The summed E-state index contributed by atoms with van der Waals surface area (Å²) in [6, 6.07) is 11.2. The minimum absolute atomic E-state index is 0.00570. The van der Waals surface area contributed by atoms with Gasteiger partial charge < -0.3 is 9.84 Å². The van der Waals surface area contributed by atoms with Gasteiger partial charge in [-0.2, -0.15) is 0 Å². The number of nitro benzene ring substituents is 1. The van der Waals surface area contributed by atoms with Crippen LogP contribution in [0.4, 0.5) is 5.69 Å². The van der Waals surface area contributed by atoms with Gasteiger partial charge in [0.1, 0.15) is 5.75 Å². The van der Waals surface area contributed by atoms with Crippen molar-refractivity contribution in [3.8, 4) is 5.75 Å². The van der Waals surface area contributed by atoms with E-state index in [1.807, 2.05) is 6.92 Å². The number of aliphatic carboxylic acids is 1. The lowest BCUT2D eigenvalue weighted by Crippen LogP contribution is -2.03. The molecule has 6 nitrogen and oxygen atoms in total. The summed E-state index contributed by atoms with van der Waals surface area (Å²) in [5.74, 6) is -0.484. The normalized spacial score (nSPS) is 11.2. The fraction of sp³-hybridized carbons (Fsp3) is 0.211. The molecule has 0 aliphatic heterocycles. The predicted molar refractivity (Wildman–Crippen MR) is 95.6 cm³/mol. The smallest absolute Gasteiger partial charge is 0.336 e. The highest BCUT2D eigenvalue weighted by Crippen LogP contribution is 2.28. The zero-order valence-corrected chi connectivity index (χ0v) is 14.1. The third-order valence-electron chi connectivity index (χ3n) is 3.62. The molecule has 0 saturated heterocycles. The quantitative estimate of drug-likeness (QED) is 0.351. The lowest BCUT2D eigenvalue weighted by molar-refractivity contribution is -0.385. The zero-order chi connectivity index (χ0) is 18.4. The minimum Gasteiger partial charge on any atom is -0.494 e. The van der Waals surface area contributed by atoms with E-state index in [0.29, 0.717) is 17.9 Å². The van der Waals surface area contributed by atoms with Crippen LogP contribution in [0.1, 0.15) is 30.0 Å². The van der Waals surface area contributed by atoms with Gasteiger partial charge in [0.05, 0.1) is 22.7 Å². The third-order valence-corrected chi connectivity index (χ3v) is 3.62. The summed E-state index contributed by atoms with van der Waals surface area (Å²) < 4.78 is 5.54. The largest absolute Gasteiger partial charge is 0.494 e. The number of rotatable bonds is 7. The van der Waals surface area contributed by atoms with Crippen LogP contribution in [0.15, 0.2) is 42.5 Å². The lowest BCUT2D eigenvalue weighted by Gasteiger charge is -2.11. The van der Waals surface area contributed by atoms with Crippen LogP contribution < -0.4 is 4.74 Å². The first-order valence-corrected chi connectivity index (χ1v) is 7.86. The van der Waals surface area contributed by atoms with Gasteiger partial charge in [-0.25, -0.2) is 4.79 Å². The van der Waals surface area contributed by atoms with E-state index >= 15 is 0 Å². The standard InChI is InChI=1S/C19H19NO5/c1-3-10-25-15-8-9-16(13(2)11-15)17(19(21)22)12-14-6-4-5-7-18(14)20(23)24/h4-9,11-12H,3,10H2,1-2H3,(H,21,22)/b17-12-. The summed E-state index contributed by atoms with van der Waals surface area (Å²) >= 11 is 0. The average molecular weight is 341 g/mol. The molecule has 0 amide bonds. The Morgan fingerprint density at radius 2 is 2.00 bits per heavy atom. The molecule has 0 unspecified atom stereocenters. The second-order valence-corrected chi connectivity index (χ2v) is 5.50. The Balaban J connectivity index is 2.49. The van der Waals surface area contributed by atoms with Gasteiger partial charge in [-0.15, -0.1) is 0 Å². The number of ether oxygens (including phenoxy) is 1. The molecule has 2 rings (SSSR count). The van der Waals surface area contributed by atoms with Crippen LogP contribution in [0.25, 0.3) is 11.6 Å². The Morgan fingerprint density at radius 3 is 2.60 bits per heavy atom. The number of hydrogen-bond donors (Lipinski definition) is 1. The van der Waals surface area contributed by atoms with E-state index in [-0.39, 0.29) is 16.8 Å². The van der Waals surface area contributed by atoms with Gasteiger partial charge in [0.2, 0.25) is 0 Å². The monoisotopic (exact) mass is 341 g/mol. The number of carbonyl (C=O) groups is 1. The molecule has 130 valence electrons. The molecule has 0 aromatic heterocycles. The maximum Gasteiger partial charge on any atom is 0.336 e. The molecule has 0 aliphatic carbocycles. The van der Waals surface area contributed by atoms with Crippen LogP contribution in [0.3, 0.4) is 0 Å². The number of para-hydroxylation sites is 1. The van der Waals surface area contributed by atoms with Crippen LogP contribution in [-0.4, -0.2) is 22.6 Å². The first kappa shape index (κ1) is 18.2. The van der Waals surface area contributed by atoms with Gasteiger partial charge in [-0.1, -0.05) is 25.1 Å². The van der Waals surface area contributed by atoms with Crippen LogP contribution in [0.5, 0.6) is 5.75 Å². The Bertz CT molecular complexity index is 826. The van der Waals surface area contributed by atoms with Crippen molar-refractivity contribution in [3.63, 3.8) is 0 Å². The minimum atomic E-state index is -1.15. The molecule has 0 heterocycles. The highest BCUT2D eigenvalue weighted by molar-refractivity contribution is 6.21. The number of carboxylic acids is 1. The molecule has 0 bridgehead atoms. The number of nitrogens with zero attached hydrogens (tertiary/aromatic N) is 1. The summed E-state index contributed by atoms with van der Waals surface area (Å²) in [7, 11) is 0. The van der Waals surface area contributed by atoms with Gasteiger partial charge in [0, 0.05) is 6.07 Å². The van der Waals surface area contributed by atoms with E-state index < -0.39 is 10.9 Å². The van der Waals surface area contributed by atoms with Crippen molar-refractivity contribution in [2.75, 3.05) is 6.61 Å². The summed E-state index contributed by atoms with van der Waals surface area (Å²) in [6.45, 7) is 4.36. The van der Waals surface area contributed by atoms with Crippen LogP contribution in [-0.2, 0) is 4.79 Å². The number of hydrogen-bond acceptors (Lipinski definition) is 4. The van der Waals surface area contributed by atoms with Crippen molar-refractivity contribution < 1.29 is 19.6 Å². The van der Waals surface area contributed by atoms with Gasteiger partial charge >= 0.3 is 5.97 Å². The molecular formula is C19H19NO5. The molecule has 0 fully saturated rings. The number of carboxylic acid groups (broad SMARTS) is 1. The second kappa shape index (κ2) is 8.10. The first-order chi connectivity index (χ1) is 11.9. The highest BCUT2D eigenvalue weighted by atomic mass is 16.6. The predicted octanol–water partition coefficient (Wildman–Crippen LogP) is 4.32. The molecule has 0 aliphatic rings. The maximum atomic E-state index is 11.7. The SMILES string of the molecule is CCCOc1ccc(/C(=C/c2ccccc2[N+](=O)[O-])C(=O)O)c(C)c1. The van der Waals surface area contributed by atoms with Crippen molar-refractivity contribution in [2.45, 2.75) is 20.3 Å². The second-order valence-electron chi connectivity index (χ2n) is 5.50.